The minimum absolute atomic E-state index is 0.0358. The summed E-state index contributed by atoms with van der Waals surface area (Å²) in [5.41, 5.74) is 0.0481. The zero-order valence-electron chi connectivity index (χ0n) is 10.3. The van der Waals surface area contributed by atoms with E-state index in [1.54, 1.807) is 0 Å². The van der Waals surface area contributed by atoms with Crippen LogP contribution in [0.5, 0.6) is 0 Å². The standard InChI is InChI=1S/C13H7BrClFN2O3/c14-10-5-7(1-4-12(10)16)17-13(19)9-6-8(18(20)21)2-3-11(9)15/h1-6H,(H,17,19). The van der Waals surface area contributed by atoms with Crippen molar-refractivity contribution in [2.24, 2.45) is 0 Å². The number of carbonyl (C=O) groups excluding carboxylic acids is 1. The van der Waals surface area contributed by atoms with Crippen LogP contribution in [0, 0.1) is 15.9 Å². The van der Waals surface area contributed by atoms with Crippen LogP contribution in [0.4, 0.5) is 15.8 Å². The van der Waals surface area contributed by atoms with Gasteiger partial charge >= 0.3 is 0 Å². The summed E-state index contributed by atoms with van der Waals surface area (Å²) in [6.07, 6.45) is 0. The van der Waals surface area contributed by atoms with E-state index in [1.807, 2.05) is 0 Å². The summed E-state index contributed by atoms with van der Waals surface area (Å²) in [5.74, 6) is -1.09. The van der Waals surface area contributed by atoms with Gasteiger partial charge in [0.15, 0.2) is 0 Å². The van der Waals surface area contributed by atoms with Crippen molar-refractivity contribution in [3.63, 3.8) is 0 Å². The average molecular weight is 374 g/mol. The molecule has 108 valence electrons. The summed E-state index contributed by atoms with van der Waals surface area (Å²) < 4.78 is 13.3. The van der Waals surface area contributed by atoms with Gasteiger partial charge in [0.1, 0.15) is 5.82 Å². The third-order valence-corrected chi connectivity index (χ3v) is 3.52. The summed E-state index contributed by atoms with van der Waals surface area (Å²) in [5, 5.41) is 13.3. The quantitative estimate of drug-likeness (QED) is 0.640. The number of anilines is 1. The van der Waals surface area contributed by atoms with Gasteiger partial charge in [-0.15, -0.1) is 0 Å². The Hall–Kier alpha value is -1.99. The number of carbonyl (C=O) groups is 1. The molecule has 2 aromatic carbocycles. The topological polar surface area (TPSA) is 72.2 Å². The Morgan fingerprint density at radius 2 is 2.00 bits per heavy atom. The lowest BCUT2D eigenvalue weighted by Crippen LogP contribution is -2.13. The lowest BCUT2D eigenvalue weighted by atomic mass is 10.2. The Kier molecular flexibility index (Phi) is 4.54. The third-order valence-electron chi connectivity index (χ3n) is 2.58. The van der Waals surface area contributed by atoms with E-state index in [-0.39, 0.29) is 20.7 Å². The molecule has 2 rings (SSSR count). The molecule has 0 heterocycles. The highest BCUT2D eigenvalue weighted by Gasteiger charge is 2.16. The Balaban J connectivity index is 2.29. The van der Waals surface area contributed by atoms with Gasteiger partial charge in [0.2, 0.25) is 0 Å². The van der Waals surface area contributed by atoms with Crippen molar-refractivity contribution >= 4 is 44.8 Å². The van der Waals surface area contributed by atoms with Crippen molar-refractivity contribution in [1.82, 2.24) is 0 Å². The maximum absolute atomic E-state index is 13.1. The van der Waals surface area contributed by atoms with E-state index in [2.05, 4.69) is 21.2 Å². The van der Waals surface area contributed by atoms with Gasteiger partial charge < -0.3 is 5.32 Å². The van der Waals surface area contributed by atoms with Crippen LogP contribution >= 0.6 is 27.5 Å². The summed E-state index contributed by atoms with van der Waals surface area (Å²) in [4.78, 5) is 22.2. The molecule has 0 saturated carbocycles. The zero-order valence-corrected chi connectivity index (χ0v) is 12.6. The number of nitro groups is 1. The molecular formula is C13H7BrClFN2O3. The van der Waals surface area contributed by atoms with E-state index in [4.69, 9.17) is 11.6 Å². The van der Waals surface area contributed by atoms with Gasteiger partial charge in [-0.3, -0.25) is 14.9 Å². The highest BCUT2D eigenvalue weighted by Crippen LogP contribution is 2.24. The first-order valence-corrected chi connectivity index (χ1v) is 6.76. The van der Waals surface area contributed by atoms with E-state index in [9.17, 15) is 19.3 Å². The van der Waals surface area contributed by atoms with E-state index < -0.39 is 16.6 Å². The Morgan fingerprint density at radius 1 is 1.29 bits per heavy atom. The second-order valence-electron chi connectivity index (χ2n) is 4.00. The van der Waals surface area contributed by atoms with Gasteiger partial charge in [-0.05, 0) is 40.2 Å². The van der Waals surface area contributed by atoms with Crippen LogP contribution in [0.25, 0.3) is 0 Å². The molecule has 0 aliphatic heterocycles. The molecule has 5 nitrogen and oxygen atoms in total. The fraction of sp³-hybridized carbons (Fsp3) is 0. The molecule has 0 fully saturated rings. The van der Waals surface area contributed by atoms with Crippen molar-refractivity contribution in [2.45, 2.75) is 0 Å². The number of nitrogens with zero attached hydrogens (tertiary/aromatic N) is 1. The maximum atomic E-state index is 13.1. The molecule has 0 atom stereocenters. The number of amides is 1. The fourth-order valence-corrected chi connectivity index (χ4v) is 2.16. The summed E-state index contributed by atoms with van der Waals surface area (Å²) in [7, 11) is 0. The van der Waals surface area contributed by atoms with Crippen LogP contribution in [0.15, 0.2) is 40.9 Å². The molecule has 8 heteroatoms. The van der Waals surface area contributed by atoms with E-state index in [1.165, 1.54) is 30.3 Å². The van der Waals surface area contributed by atoms with Gasteiger partial charge in [0.25, 0.3) is 11.6 Å². The second kappa shape index (κ2) is 6.19. The first-order valence-electron chi connectivity index (χ1n) is 5.59. The predicted octanol–water partition coefficient (Wildman–Crippen LogP) is 4.40. The number of non-ortho nitro benzene ring substituents is 1. The van der Waals surface area contributed by atoms with Crippen molar-refractivity contribution in [3.05, 3.63) is 67.4 Å². The monoisotopic (exact) mass is 372 g/mol. The second-order valence-corrected chi connectivity index (χ2v) is 5.27. The molecule has 1 N–H and O–H groups in total. The van der Waals surface area contributed by atoms with Gasteiger partial charge in [-0.1, -0.05) is 11.6 Å². The average Bonchev–Trinajstić information content (AvgIpc) is 2.43. The number of hydrogen-bond donors (Lipinski definition) is 1. The molecule has 0 aliphatic rings. The van der Waals surface area contributed by atoms with Crippen LogP contribution in [0.3, 0.4) is 0 Å². The number of halogens is 3. The zero-order chi connectivity index (χ0) is 15.6. The Morgan fingerprint density at radius 3 is 2.62 bits per heavy atom. The molecule has 0 aromatic heterocycles. The number of hydrogen-bond acceptors (Lipinski definition) is 3. The molecule has 0 bridgehead atoms. The van der Waals surface area contributed by atoms with Gasteiger partial charge in [-0.25, -0.2) is 4.39 Å². The minimum atomic E-state index is -0.623. The molecule has 21 heavy (non-hydrogen) atoms. The smallest absolute Gasteiger partial charge is 0.270 e. The number of rotatable bonds is 3. The van der Waals surface area contributed by atoms with Crippen LogP contribution < -0.4 is 5.32 Å². The van der Waals surface area contributed by atoms with Gasteiger partial charge in [0.05, 0.1) is 20.0 Å². The van der Waals surface area contributed by atoms with Gasteiger partial charge in [-0.2, -0.15) is 0 Å². The SMILES string of the molecule is O=C(Nc1ccc(F)c(Br)c1)c1cc([N+](=O)[O-])ccc1Cl. The highest BCUT2D eigenvalue weighted by atomic mass is 79.9. The number of nitrogens with one attached hydrogen (secondary N) is 1. The van der Waals surface area contributed by atoms with Crippen molar-refractivity contribution < 1.29 is 14.1 Å². The lowest BCUT2D eigenvalue weighted by Gasteiger charge is -2.07. The predicted molar refractivity (Wildman–Crippen MR) is 80.2 cm³/mol. The van der Waals surface area contributed by atoms with Crippen molar-refractivity contribution in [3.8, 4) is 0 Å². The summed E-state index contributed by atoms with van der Waals surface area (Å²) in [6, 6.07) is 7.47. The molecular weight excluding hydrogens is 367 g/mol. The Labute approximate surface area is 132 Å². The summed E-state index contributed by atoms with van der Waals surface area (Å²) in [6.45, 7) is 0. The number of nitro benzene ring substituents is 1. The third kappa shape index (κ3) is 3.56. The highest BCUT2D eigenvalue weighted by molar-refractivity contribution is 9.10. The van der Waals surface area contributed by atoms with Crippen LogP contribution in [0.1, 0.15) is 10.4 Å². The van der Waals surface area contributed by atoms with Crippen LogP contribution in [-0.4, -0.2) is 10.8 Å². The first kappa shape index (κ1) is 15.4. The van der Waals surface area contributed by atoms with E-state index >= 15 is 0 Å². The molecule has 2 aromatic rings. The summed E-state index contributed by atoms with van der Waals surface area (Å²) >= 11 is 8.86. The molecule has 0 saturated heterocycles. The Bertz CT molecular complexity index is 739. The van der Waals surface area contributed by atoms with Crippen LogP contribution in [-0.2, 0) is 0 Å². The lowest BCUT2D eigenvalue weighted by molar-refractivity contribution is -0.384. The molecule has 1 amide bonds. The molecule has 0 unspecified atom stereocenters. The first-order chi connectivity index (χ1) is 9.88. The minimum Gasteiger partial charge on any atom is -0.322 e. The molecule has 0 radical (unpaired) electrons. The van der Waals surface area contributed by atoms with E-state index in [0.29, 0.717) is 5.69 Å². The normalized spacial score (nSPS) is 10.2. The molecule has 0 spiro atoms. The molecule has 0 aliphatic carbocycles. The largest absolute Gasteiger partial charge is 0.322 e. The fourth-order valence-electron chi connectivity index (χ4n) is 1.57. The van der Waals surface area contributed by atoms with E-state index in [0.717, 1.165) is 6.07 Å². The van der Waals surface area contributed by atoms with Crippen molar-refractivity contribution in [1.29, 1.82) is 0 Å². The van der Waals surface area contributed by atoms with Gasteiger partial charge in [0, 0.05) is 17.8 Å². The maximum Gasteiger partial charge on any atom is 0.270 e. The number of benzene rings is 2. The van der Waals surface area contributed by atoms with Crippen LogP contribution in [0.2, 0.25) is 5.02 Å². The van der Waals surface area contributed by atoms with Crippen molar-refractivity contribution in [2.75, 3.05) is 5.32 Å².